The highest BCUT2D eigenvalue weighted by Crippen LogP contribution is 2.27. The summed E-state index contributed by atoms with van der Waals surface area (Å²) in [5, 5.41) is 3.25. The molecule has 0 bridgehead atoms. The molecule has 0 aliphatic carbocycles. The van der Waals surface area contributed by atoms with Gasteiger partial charge in [-0.05, 0) is 64.4 Å². The van der Waals surface area contributed by atoms with E-state index >= 15 is 0 Å². The zero-order valence-electron chi connectivity index (χ0n) is 16.7. The maximum Gasteiger partial charge on any atom is 0.178 e. The lowest BCUT2D eigenvalue weighted by Gasteiger charge is -2.13. The highest BCUT2D eigenvalue weighted by atomic mass is 16.5. The van der Waals surface area contributed by atoms with Crippen LogP contribution in [0, 0.1) is 13.8 Å². The summed E-state index contributed by atoms with van der Waals surface area (Å²) in [6.07, 6.45) is 0.818. The molecule has 0 aliphatic heterocycles. The first-order valence-corrected chi connectivity index (χ1v) is 9.02. The molecule has 1 N–H and O–H groups in total. The molecule has 2 aromatic rings. The molecule has 5 nitrogen and oxygen atoms in total. The summed E-state index contributed by atoms with van der Waals surface area (Å²) in [5.74, 6) is 1.58. The molecule has 26 heavy (non-hydrogen) atoms. The van der Waals surface area contributed by atoms with E-state index in [0.717, 1.165) is 47.0 Å². The SMILES string of the molecule is COc1ccc(CCNCC(=O)c2cc(C)n(C(C)C)c2C)cc1OC. The van der Waals surface area contributed by atoms with Crippen LogP contribution in [0.25, 0.3) is 0 Å². The van der Waals surface area contributed by atoms with E-state index in [1.165, 1.54) is 0 Å². The van der Waals surface area contributed by atoms with Gasteiger partial charge in [0.05, 0.1) is 20.8 Å². The van der Waals surface area contributed by atoms with Crippen molar-refractivity contribution in [3.05, 3.63) is 46.8 Å². The van der Waals surface area contributed by atoms with Gasteiger partial charge in [-0.3, -0.25) is 4.79 Å². The highest BCUT2D eigenvalue weighted by Gasteiger charge is 2.16. The lowest BCUT2D eigenvalue weighted by atomic mass is 10.1. The molecule has 0 aliphatic rings. The van der Waals surface area contributed by atoms with E-state index in [1.807, 2.05) is 38.1 Å². The fourth-order valence-corrected chi connectivity index (χ4v) is 3.42. The second kappa shape index (κ2) is 8.90. The quantitative estimate of drug-likeness (QED) is 0.548. The number of nitrogens with zero attached hydrogens (tertiary/aromatic N) is 1. The number of hydrogen-bond acceptors (Lipinski definition) is 4. The topological polar surface area (TPSA) is 52.5 Å². The zero-order valence-corrected chi connectivity index (χ0v) is 16.7. The summed E-state index contributed by atoms with van der Waals surface area (Å²) >= 11 is 0. The predicted molar refractivity (Wildman–Crippen MR) is 105 cm³/mol. The number of ether oxygens (including phenoxy) is 2. The number of benzene rings is 1. The predicted octanol–water partition coefficient (Wildman–Crippen LogP) is 3.72. The van der Waals surface area contributed by atoms with Crippen molar-refractivity contribution in [2.24, 2.45) is 0 Å². The number of rotatable bonds is 9. The molecule has 142 valence electrons. The number of aryl methyl sites for hydroxylation is 1. The smallest absolute Gasteiger partial charge is 0.178 e. The van der Waals surface area contributed by atoms with Gasteiger partial charge in [-0.25, -0.2) is 0 Å². The summed E-state index contributed by atoms with van der Waals surface area (Å²) in [6, 6.07) is 8.24. The van der Waals surface area contributed by atoms with Crippen LogP contribution in [-0.2, 0) is 6.42 Å². The van der Waals surface area contributed by atoms with Crippen molar-refractivity contribution in [1.29, 1.82) is 0 Å². The fourth-order valence-electron chi connectivity index (χ4n) is 3.42. The average molecular weight is 358 g/mol. The van der Waals surface area contributed by atoms with Crippen LogP contribution in [0.3, 0.4) is 0 Å². The van der Waals surface area contributed by atoms with Gasteiger partial charge in [0.1, 0.15) is 0 Å². The number of Topliss-reactive ketones (excluding diaryl/α,β-unsaturated/α-hetero) is 1. The number of methoxy groups -OCH3 is 2. The van der Waals surface area contributed by atoms with Crippen molar-refractivity contribution in [2.45, 2.75) is 40.2 Å². The lowest BCUT2D eigenvalue weighted by molar-refractivity contribution is 0.0990. The normalized spacial score (nSPS) is 11.0. The molecule has 0 amide bonds. The van der Waals surface area contributed by atoms with E-state index in [-0.39, 0.29) is 5.78 Å². The van der Waals surface area contributed by atoms with Gasteiger partial charge in [-0.1, -0.05) is 6.07 Å². The summed E-state index contributed by atoms with van der Waals surface area (Å²) in [5.41, 5.74) is 4.13. The van der Waals surface area contributed by atoms with E-state index in [2.05, 4.69) is 23.7 Å². The van der Waals surface area contributed by atoms with Gasteiger partial charge in [-0.15, -0.1) is 0 Å². The molecule has 1 aromatic carbocycles. The van der Waals surface area contributed by atoms with Gasteiger partial charge < -0.3 is 19.4 Å². The molecule has 0 fully saturated rings. The van der Waals surface area contributed by atoms with E-state index in [0.29, 0.717) is 12.6 Å². The summed E-state index contributed by atoms with van der Waals surface area (Å²) < 4.78 is 12.8. The molecule has 0 atom stereocenters. The Morgan fingerprint density at radius 3 is 2.38 bits per heavy atom. The second-order valence-corrected chi connectivity index (χ2v) is 6.79. The largest absolute Gasteiger partial charge is 0.493 e. The number of aromatic nitrogens is 1. The number of hydrogen-bond donors (Lipinski definition) is 1. The van der Waals surface area contributed by atoms with Crippen molar-refractivity contribution in [2.75, 3.05) is 27.3 Å². The maximum atomic E-state index is 12.5. The maximum absolute atomic E-state index is 12.5. The Morgan fingerprint density at radius 1 is 1.12 bits per heavy atom. The van der Waals surface area contributed by atoms with Gasteiger partial charge in [0, 0.05) is 23.0 Å². The van der Waals surface area contributed by atoms with Crippen LogP contribution in [0.4, 0.5) is 0 Å². The van der Waals surface area contributed by atoms with Crippen molar-refractivity contribution in [3.8, 4) is 11.5 Å². The average Bonchev–Trinajstić information content (AvgIpc) is 2.92. The molecule has 1 heterocycles. The fraction of sp³-hybridized carbons (Fsp3) is 0.476. The minimum atomic E-state index is 0.136. The Balaban J connectivity index is 1.90. The third-order valence-electron chi connectivity index (χ3n) is 4.63. The molecule has 5 heteroatoms. The number of carbonyl (C=O) groups is 1. The molecule has 0 saturated carbocycles. The van der Waals surface area contributed by atoms with E-state index in [4.69, 9.17) is 9.47 Å². The van der Waals surface area contributed by atoms with Crippen molar-refractivity contribution < 1.29 is 14.3 Å². The van der Waals surface area contributed by atoms with Crippen molar-refractivity contribution in [3.63, 3.8) is 0 Å². The molecule has 2 rings (SSSR count). The first-order valence-electron chi connectivity index (χ1n) is 9.02. The van der Waals surface area contributed by atoms with Crippen molar-refractivity contribution in [1.82, 2.24) is 9.88 Å². The van der Waals surface area contributed by atoms with Crippen LogP contribution in [0.5, 0.6) is 11.5 Å². The van der Waals surface area contributed by atoms with Crippen LogP contribution in [-0.4, -0.2) is 37.7 Å². The Labute approximate surface area is 156 Å². The van der Waals surface area contributed by atoms with Crippen LogP contribution in [0.15, 0.2) is 24.3 Å². The van der Waals surface area contributed by atoms with Gasteiger partial charge in [-0.2, -0.15) is 0 Å². The zero-order chi connectivity index (χ0) is 19.3. The Morgan fingerprint density at radius 2 is 1.81 bits per heavy atom. The van der Waals surface area contributed by atoms with Crippen molar-refractivity contribution >= 4 is 5.78 Å². The number of carbonyl (C=O) groups excluding carboxylic acids is 1. The van der Waals surface area contributed by atoms with Crippen LogP contribution < -0.4 is 14.8 Å². The van der Waals surface area contributed by atoms with Gasteiger partial charge in [0.2, 0.25) is 0 Å². The first kappa shape index (κ1) is 20.0. The van der Waals surface area contributed by atoms with Gasteiger partial charge >= 0.3 is 0 Å². The molecular weight excluding hydrogens is 328 g/mol. The second-order valence-electron chi connectivity index (χ2n) is 6.79. The molecule has 0 radical (unpaired) electrons. The molecular formula is C21H30N2O3. The standard InChI is InChI=1S/C21H30N2O3/c1-14(2)23-15(3)11-18(16(23)4)19(24)13-22-10-9-17-7-8-20(25-5)21(12-17)26-6/h7-8,11-12,14,22H,9-10,13H2,1-6H3. The summed E-state index contributed by atoms with van der Waals surface area (Å²) in [7, 11) is 3.26. The van der Waals surface area contributed by atoms with Gasteiger partial charge in [0.15, 0.2) is 17.3 Å². The Kier molecular flexibility index (Phi) is 6.86. The molecule has 0 unspecified atom stereocenters. The highest BCUT2D eigenvalue weighted by molar-refractivity contribution is 5.99. The number of ketones is 1. The minimum absolute atomic E-state index is 0.136. The monoisotopic (exact) mass is 358 g/mol. The van der Waals surface area contributed by atoms with E-state index in [9.17, 15) is 4.79 Å². The molecule has 0 saturated heterocycles. The van der Waals surface area contributed by atoms with Gasteiger partial charge in [0.25, 0.3) is 0 Å². The first-order chi connectivity index (χ1) is 12.4. The molecule has 1 aromatic heterocycles. The summed E-state index contributed by atoms with van der Waals surface area (Å²) in [6.45, 7) is 9.41. The van der Waals surface area contributed by atoms with E-state index in [1.54, 1.807) is 14.2 Å². The third kappa shape index (κ3) is 4.47. The minimum Gasteiger partial charge on any atom is -0.493 e. The summed E-state index contributed by atoms with van der Waals surface area (Å²) in [4.78, 5) is 12.5. The Bertz CT molecular complexity index is 763. The molecule has 0 spiro atoms. The lowest BCUT2D eigenvalue weighted by Crippen LogP contribution is -2.25. The third-order valence-corrected chi connectivity index (χ3v) is 4.63. The Hall–Kier alpha value is -2.27. The van der Waals surface area contributed by atoms with Crippen LogP contribution in [0.2, 0.25) is 0 Å². The van der Waals surface area contributed by atoms with Crippen LogP contribution in [0.1, 0.15) is 47.2 Å². The number of nitrogens with one attached hydrogen (secondary N) is 1. The van der Waals surface area contributed by atoms with E-state index < -0.39 is 0 Å². The van der Waals surface area contributed by atoms with Crippen LogP contribution >= 0.6 is 0 Å².